The lowest BCUT2D eigenvalue weighted by Gasteiger charge is -2.14. The molecule has 0 heterocycles. The van der Waals surface area contributed by atoms with Crippen LogP contribution in [0.1, 0.15) is 24.2 Å². The molecule has 5 nitrogen and oxygen atoms in total. The van der Waals surface area contributed by atoms with Crippen molar-refractivity contribution in [2.24, 2.45) is 0 Å². The standard InChI is InChI=1S/C17H20ClN3O2/c1-10(2)20-17(22)11-4-6-14(13(19)8-11)21-15-9-12(18)5-7-16(15)23-3/h4-10,21H,19H2,1-3H3,(H,20,22). The smallest absolute Gasteiger partial charge is 0.251 e. The van der Waals surface area contributed by atoms with Crippen LogP contribution in [0.25, 0.3) is 0 Å². The SMILES string of the molecule is COc1ccc(Cl)cc1Nc1ccc(C(=O)NC(C)C)cc1N. The molecule has 23 heavy (non-hydrogen) atoms. The first-order valence-corrected chi connectivity index (χ1v) is 7.59. The molecule has 0 spiro atoms. The Kier molecular flexibility index (Phi) is 5.34. The topological polar surface area (TPSA) is 76.4 Å². The second-order valence-corrected chi connectivity index (χ2v) is 5.84. The zero-order chi connectivity index (χ0) is 17.0. The van der Waals surface area contributed by atoms with E-state index in [0.717, 1.165) is 0 Å². The number of rotatable bonds is 5. The van der Waals surface area contributed by atoms with E-state index in [0.29, 0.717) is 33.4 Å². The Morgan fingerprint density at radius 2 is 1.91 bits per heavy atom. The van der Waals surface area contributed by atoms with Crippen molar-refractivity contribution in [1.82, 2.24) is 5.32 Å². The number of methoxy groups -OCH3 is 1. The molecule has 0 unspecified atom stereocenters. The molecule has 0 fully saturated rings. The van der Waals surface area contributed by atoms with Crippen molar-refractivity contribution in [3.8, 4) is 5.75 Å². The lowest BCUT2D eigenvalue weighted by Crippen LogP contribution is -2.30. The zero-order valence-corrected chi connectivity index (χ0v) is 14.1. The van der Waals surface area contributed by atoms with Gasteiger partial charge in [0.2, 0.25) is 0 Å². The van der Waals surface area contributed by atoms with Gasteiger partial charge in [0.15, 0.2) is 0 Å². The Bertz CT molecular complexity index is 717. The minimum absolute atomic E-state index is 0.0669. The van der Waals surface area contributed by atoms with Gasteiger partial charge in [-0.3, -0.25) is 4.79 Å². The molecule has 0 aromatic heterocycles. The molecule has 2 aromatic rings. The van der Waals surface area contributed by atoms with E-state index in [-0.39, 0.29) is 11.9 Å². The van der Waals surface area contributed by atoms with Crippen molar-refractivity contribution >= 4 is 34.6 Å². The predicted octanol–water partition coefficient (Wildman–Crippen LogP) is 3.81. The Balaban J connectivity index is 2.25. The number of amides is 1. The van der Waals surface area contributed by atoms with Gasteiger partial charge < -0.3 is 21.1 Å². The molecule has 0 atom stereocenters. The van der Waals surface area contributed by atoms with Crippen molar-refractivity contribution in [3.05, 3.63) is 47.0 Å². The fraction of sp³-hybridized carbons (Fsp3) is 0.235. The summed E-state index contributed by atoms with van der Waals surface area (Å²) < 4.78 is 5.29. The van der Waals surface area contributed by atoms with Gasteiger partial charge in [-0.1, -0.05) is 11.6 Å². The Morgan fingerprint density at radius 3 is 2.52 bits per heavy atom. The van der Waals surface area contributed by atoms with Gasteiger partial charge in [0.05, 0.1) is 24.2 Å². The molecule has 0 saturated carbocycles. The monoisotopic (exact) mass is 333 g/mol. The van der Waals surface area contributed by atoms with E-state index < -0.39 is 0 Å². The van der Waals surface area contributed by atoms with Crippen LogP contribution >= 0.6 is 11.6 Å². The van der Waals surface area contributed by atoms with E-state index in [2.05, 4.69) is 10.6 Å². The minimum atomic E-state index is -0.154. The lowest BCUT2D eigenvalue weighted by atomic mass is 10.1. The quantitative estimate of drug-likeness (QED) is 0.727. The van der Waals surface area contributed by atoms with Crippen molar-refractivity contribution < 1.29 is 9.53 Å². The third kappa shape index (κ3) is 4.29. The molecule has 1 amide bonds. The number of nitrogen functional groups attached to an aromatic ring is 1. The third-order valence-corrected chi connectivity index (χ3v) is 3.40. The van der Waals surface area contributed by atoms with Gasteiger partial charge in [-0.15, -0.1) is 0 Å². The van der Waals surface area contributed by atoms with Crippen molar-refractivity contribution in [1.29, 1.82) is 0 Å². The molecular weight excluding hydrogens is 314 g/mol. The second kappa shape index (κ2) is 7.24. The summed E-state index contributed by atoms with van der Waals surface area (Å²) in [5.74, 6) is 0.494. The number of carbonyl (C=O) groups is 1. The van der Waals surface area contributed by atoms with Crippen molar-refractivity contribution in [2.45, 2.75) is 19.9 Å². The summed E-state index contributed by atoms with van der Waals surface area (Å²) in [6.07, 6.45) is 0. The van der Waals surface area contributed by atoms with E-state index >= 15 is 0 Å². The summed E-state index contributed by atoms with van der Waals surface area (Å²) in [5, 5.41) is 6.59. The molecule has 4 N–H and O–H groups in total. The van der Waals surface area contributed by atoms with Gasteiger partial charge in [0, 0.05) is 16.6 Å². The van der Waals surface area contributed by atoms with Crippen LogP contribution in [-0.2, 0) is 0 Å². The molecule has 2 aromatic carbocycles. The van der Waals surface area contributed by atoms with Gasteiger partial charge in [0.25, 0.3) is 5.91 Å². The molecule has 0 aliphatic heterocycles. The fourth-order valence-corrected chi connectivity index (χ4v) is 2.26. The van der Waals surface area contributed by atoms with E-state index in [9.17, 15) is 4.79 Å². The lowest BCUT2D eigenvalue weighted by molar-refractivity contribution is 0.0943. The maximum absolute atomic E-state index is 12.0. The number of halogens is 1. The summed E-state index contributed by atoms with van der Waals surface area (Å²) in [6, 6.07) is 10.4. The number of nitrogens with two attached hydrogens (primary N) is 1. The van der Waals surface area contributed by atoms with Crippen LogP contribution in [0, 0.1) is 0 Å². The van der Waals surface area contributed by atoms with Crippen LogP contribution in [0.5, 0.6) is 5.75 Å². The number of carbonyl (C=O) groups excluding carboxylic acids is 1. The van der Waals surface area contributed by atoms with Crippen LogP contribution in [0.3, 0.4) is 0 Å². The molecule has 0 bridgehead atoms. The maximum Gasteiger partial charge on any atom is 0.251 e. The van der Waals surface area contributed by atoms with Crippen LogP contribution < -0.4 is 21.1 Å². The number of anilines is 3. The van der Waals surface area contributed by atoms with Crippen molar-refractivity contribution in [2.75, 3.05) is 18.2 Å². The average Bonchev–Trinajstić information content (AvgIpc) is 2.49. The number of hydrogen-bond acceptors (Lipinski definition) is 4. The van der Waals surface area contributed by atoms with Crippen molar-refractivity contribution in [3.63, 3.8) is 0 Å². The summed E-state index contributed by atoms with van der Waals surface area (Å²) in [7, 11) is 1.58. The highest BCUT2D eigenvalue weighted by Crippen LogP contribution is 2.32. The predicted molar refractivity (Wildman–Crippen MR) is 94.7 cm³/mol. The first-order valence-electron chi connectivity index (χ1n) is 7.21. The van der Waals surface area contributed by atoms with Gasteiger partial charge >= 0.3 is 0 Å². The van der Waals surface area contributed by atoms with Crippen LogP contribution in [-0.4, -0.2) is 19.1 Å². The van der Waals surface area contributed by atoms with Gasteiger partial charge in [-0.25, -0.2) is 0 Å². The fourth-order valence-electron chi connectivity index (χ4n) is 2.09. The van der Waals surface area contributed by atoms with Crippen LogP contribution in [0.4, 0.5) is 17.1 Å². The first kappa shape index (κ1) is 17.0. The van der Waals surface area contributed by atoms with E-state index in [1.807, 2.05) is 13.8 Å². The number of nitrogens with one attached hydrogen (secondary N) is 2. The summed E-state index contributed by atoms with van der Waals surface area (Å²) in [4.78, 5) is 12.0. The van der Waals surface area contributed by atoms with Gasteiger partial charge in [-0.2, -0.15) is 0 Å². The van der Waals surface area contributed by atoms with E-state index in [4.69, 9.17) is 22.1 Å². The summed E-state index contributed by atoms with van der Waals surface area (Å²) >= 11 is 6.02. The Morgan fingerprint density at radius 1 is 1.17 bits per heavy atom. The number of benzene rings is 2. The van der Waals surface area contributed by atoms with E-state index in [1.165, 1.54) is 0 Å². The summed E-state index contributed by atoms with van der Waals surface area (Å²) in [6.45, 7) is 3.81. The highest BCUT2D eigenvalue weighted by Gasteiger charge is 2.11. The Labute approximate surface area is 140 Å². The minimum Gasteiger partial charge on any atom is -0.495 e. The third-order valence-electron chi connectivity index (χ3n) is 3.16. The number of hydrogen-bond donors (Lipinski definition) is 3. The van der Waals surface area contributed by atoms with Gasteiger partial charge in [0.1, 0.15) is 5.75 Å². The molecular formula is C17H20ClN3O2. The van der Waals surface area contributed by atoms with Crippen LogP contribution in [0.2, 0.25) is 5.02 Å². The zero-order valence-electron chi connectivity index (χ0n) is 13.3. The first-order chi connectivity index (χ1) is 10.9. The summed E-state index contributed by atoms with van der Waals surface area (Å²) in [5.41, 5.74) is 8.40. The normalized spacial score (nSPS) is 10.5. The second-order valence-electron chi connectivity index (χ2n) is 5.40. The molecule has 0 aliphatic rings. The molecule has 6 heteroatoms. The molecule has 0 saturated heterocycles. The molecule has 2 rings (SSSR count). The molecule has 0 radical (unpaired) electrons. The highest BCUT2D eigenvalue weighted by atomic mass is 35.5. The Hall–Kier alpha value is -2.40. The van der Waals surface area contributed by atoms with E-state index in [1.54, 1.807) is 43.5 Å². The number of ether oxygens (including phenoxy) is 1. The van der Waals surface area contributed by atoms with Crippen LogP contribution in [0.15, 0.2) is 36.4 Å². The largest absolute Gasteiger partial charge is 0.495 e. The maximum atomic E-state index is 12.0. The highest BCUT2D eigenvalue weighted by molar-refractivity contribution is 6.31. The van der Waals surface area contributed by atoms with Gasteiger partial charge in [-0.05, 0) is 50.2 Å². The molecule has 0 aliphatic carbocycles. The molecule has 122 valence electrons. The average molecular weight is 334 g/mol.